The van der Waals surface area contributed by atoms with E-state index in [4.69, 9.17) is 5.11 Å². The minimum absolute atomic E-state index is 0.144. The molecule has 6 nitrogen and oxygen atoms in total. The van der Waals surface area contributed by atoms with Crippen molar-refractivity contribution in [3.05, 3.63) is 12.7 Å². The molecule has 17 heavy (non-hydrogen) atoms. The van der Waals surface area contributed by atoms with Gasteiger partial charge < -0.3 is 14.6 Å². The second kappa shape index (κ2) is 12.4. The average Bonchev–Trinajstić information content (AvgIpc) is 2.23. The Labute approximate surface area is 100 Å². The molecule has 0 fully saturated rings. The molecular weight excluding hydrogens is 228 g/mol. The fourth-order valence-corrected chi connectivity index (χ4v) is 0.648. The SMILES string of the molecule is C=CC(=O)OCCCCO.CC(=O)OC(C)=O. The number of hydrogen-bond donors (Lipinski definition) is 1. The number of aliphatic hydroxyl groups is 1. The first-order valence-corrected chi connectivity index (χ1v) is 5.03. The predicted octanol–water partition coefficient (Wildman–Crippen LogP) is 0.584. The van der Waals surface area contributed by atoms with Gasteiger partial charge in [-0.3, -0.25) is 9.59 Å². The maximum atomic E-state index is 10.4. The van der Waals surface area contributed by atoms with Gasteiger partial charge >= 0.3 is 17.9 Å². The molecule has 0 heterocycles. The van der Waals surface area contributed by atoms with E-state index < -0.39 is 17.9 Å². The molecule has 0 bridgehead atoms. The lowest BCUT2D eigenvalue weighted by molar-refractivity contribution is -0.156. The van der Waals surface area contributed by atoms with Crippen LogP contribution in [0.15, 0.2) is 12.7 Å². The number of ether oxygens (including phenoxy) is 2. The zero-order valence-electron chi connectivity index (χ0n) is 10.1. The normalized spacial score (nSPS) is 8.41. The summed E-state index contributed by atoms with van der Waals surface area (Å²) in [6.45, 7) is 6.11. The standard InChI is InChI=1S/C7H12O3.C4H6O3/c1-2-7(9)10-6-4-3-5-8;1-3(5)7-4(2)6/h2,8H,1,3-6H2;1-2H3. The third kappa shape index (κ3) is 20.4. The van der Waals surface area contributed by atoms with Gasteiger partial charge in [-0.1, -0.05) is 6.58 Å². The van der Waals surface area contributed by atoms with Gasteiger partial charge in [0.2, 0.25) is 0 Å². The Hall–Kier alpha value is -1.69. The summed E-state index contributed by atoms with van der Waals surface area (Å²) in [5.41, 5.74) is 0. The van der Waals surface area contributed by atoms with E-state index in [2.05, 4.69) is 16.1 Å². The van der Waals surface area contributed by atoms with Gasteiger partial charge in [-0.05, 0) is 12.8 Å². The van der Waals surface area contributed by atoms with Crippen molar-refractivity contribution in [3.8, 4) is 0 Å². The monoisotopic (exact) mass is 246 g/mol. The second-order valence-electron chi connectivity index (χ2n) is 2.89. The van der Waals surface area contributed by atoms with Gasteiger partial charge in [-0.25, -0.2) is 4.79 Å². The molecule has 0 aliphatic carbocycles. The summed E-state index contributed by atoms with van der Waals surface area (Å²) in [4.78, 5) is 30.0. The molecule has 0 rings (SSSR count). The summed E-state index contributed by atoms with van der Waals surface area (Å²) in [7, 11) is 0. The lowest BCUT2D eigenvalue weighted by atomic mass is 10.3. The van der Waals surface area contributed by atoms with Crippen molar-refractivity contribution in [1.82, 2.24) is 0 Å². The minimum Gasteiger partial charge on any atom is -0.463 e. The highest BCUT2D eigenvalue weighted by atomic mass is 16.6. The lowest BCUT2D eigenvalue weighted by Gasteiger charge is -1.98. The summed E-state index contributed by atoms with van der Waals surface area (Å²) in [5, 5.41) is 8.33. The van der Waals surface area contributed by atoms with Gasteiger partial charge in [0.15, 0.2) is 0 Å². The Morgan fingerprint density at radius 1 is 1.18 bits per heavy atom. The van der Waals surface area contributed by atoms with Gasteiger partial charge in [-0.15, -0.1) is 0 Å². The zero-order valence-corrected chi connectivity index (χ0v) is 10.1. The van der Waals surface area contributed by atoms with Crippen molar-refractivity contribution in [2.75, 3.05) is 13.2 Å². The highest BCUT2D eigenvalue weighted by molar-refractivity contribution is 5.82. The first-order valence-electron chi connectivity index (χ1n) is 5.03. The number of aliphatic hydroxyl groups excluding tert-OH is 1. The quantitative estimate of drug-likeness (QED) is 0.330. The van der Waals surface area contributed by atoms with Gasteiger partial charge in [0.05, 0.1) is 6.61 Å². The molecule has 0 aliphatic heterocycles. The molecule has 0 spiro atoms. The fraction of sp³-hybridized carbons (Fsp3) is 0.545. The van der Waals surface area contributed by atoms with Crippen LogP contribution in [0.5, 0.6) is 0 Å². The number of unbranched alkanes of at least 4 members (excludes halogenated alkanes) is 1. The van der Waals surface area contributed by atoms with E-state index in [1.807, 2.05) is 0 Å². The van der Waals surface area contributed by atoms with Crippen LogP contribution < -0.4 is 0 Å². The van der Waals surface area contributed by atoms with Gasteiger partial charge in [0.25, 0.3) is 0 Å². The maximum Gasteiger partial charge on any atom is 0.330 e. The van der Waals surface area contributed by atoms with Crippen molar-refractivity contribution < 1.29 is 29.0 Å². The second-order valence-corrected chi connectivity index (χ2v) is 2.89. The molecular formula is C11H18O6. The average molecular weight is 246 g/mol. The number of esters is 3. The summed E-state index contributed by atoms with van der Waals surface area (Å²) in [5.74, 6) is -1.53. The highest BCUT2D eigenvalue weighted by Gasteiger charge is 1.94. The third-order valence-corrected chi connectivity index (χ3v) is 1.25. The van der Waals surface area contributed by atoms with Crippen LogP contribution in [-0.4, -0.2) is 36.2 Å². The van der Waals surface area contributed by atoms with E-state index in [9.17, 15) is 14.4 Å². The van der Waals surface area contributed by atoms with Crippen LogP contribution in [0.1, 0.15) is 26.7 Å². The Morgan fingerprint density at radius 2 is 1.71 bits per heavy atom. The molecule has 0 aliphatic rings. The Kier molecular flexibility index (Phi) is 12.9. The van der Waals surface area contributed by atoms with Crippen molar-refractivity contribution in [1.29, 1.82) is 0 Å². The summed E-state index contributed by atoms with van der Waals surface area (Å²) in [6, 6.07) is 0. The Balaban J connectivity index is 0. The molecule has 0 radical (unpaired) electrons. The molecule has 0 aromatic heterocycles. The smallest absolute Gasteiger partial charge is 0.330 e. The first-order chi connectivity index (χ1) is 7.93. The molecule has 0 unspecified atom stereocenters. The molecule has 0 aromatic rings. The largest absolute Gasteiger partial charge is 0.463 e. The highest BCUT2D eigenvalue weighted by Crippen LogP contribution is 1.88. The summed E-state index contributed by atoms with van der Waals surface area (Å²) in [6.07, 6.45) is 2.50. The Bertz CT molecular complexity index is 247. The molecule has 6 heteroatoms. The van der Waals surface area contributed by atoms with Crippen molar-refractivity contribution in [3.63, 3.8) is 0 Å². The predicted molar refractivity (Wildman–Crippen MR) is 59.9 cm³/mol. The third-order valence-electron chi connectivity index (χ3n) is 1.25. The van der Waals surface area contributed by atoms with Gasteiger partial charge in [-0.2, -0.15) is 0 Å². The van der Waals surface area contributed by atoms with Crippen LogP contribution >= 0.6 is 0 Å². The number of carbonyl (C=O) groups excluding carboxylic acids is 3. The van der Waals surface area contributed by atoms with Crippen LogP contribution in [-0.2, 0) is 23.9 Å². The van der Waals surface area contributed by atoms with Gasteiger partial charge in [0.1, 0.15) is 0 Å². The minimum atomic E-state index is -0.562. The molecule has 0 aromatic carbocycles. The first kappa shape index (κ1) is 17.7. The molecule has 0 saturated heterocycles. The van der Waals surface area contributed by atoms with E-state index in [0.29, 0.717) is 19.4 Å². The molecule has 0 amide bonds. The Morgan fingerprint density at radius 3 is 2.00 bits per heavy atom. The number of hydrogen-bond acceptors (Lipinski definition) is 6. The van der Waals surface area contributed by atoms with E-state index in [0.717, 1.165) is 6.08 Å². The van der Waals surface area contributed by atoms with Crippen LogP contribution in [0.4, 0.5) is 0 Å². The molecule has 0 atom stereocenters. The van der Waals surface area contributed by atoms with E-state index in [1.165, 1.54) is 13.8 Å². The topological polar surface area (TPSA) is 89.9 Å². The molecule has 0 saturated carbocycles. The zero-order chi connectivity index (χ0) is 13.7. The van der Waals surface area contributed by atoms with Crippen molar-refractivity contribution in [2.24, 2.45) is 0 Å². The fourth-order valence-electron chi connectivity index (χ4n) is 0.648. The summed E-state index contributed by atoms with van der Waals surface area (Å²) >= 11 is 0. The van der Waals surface area contributed by atoms with Crippen LogP contribution in [0.2, 0.25) is 0 Å². The lowest BCUT2D eigenvalue weighted by Crippen LogP contribution is -2.03. The van der Waals surface area contributed by atoms with E-state index in [-0.39, 0.29) is 6.61 Å². The van der Waals surface area contributed by atoms with E-state index >= 15 is 0 Å². The van der Waals surface area contributed by atoms with Crippen LogP contribution in [0.3, 0.4) is 0 Å². The van der Waals surface area contributed by atoms with Crippen LogP contribution in [0, 0.1) is 0 Å². The van der Waals surface area contributed by atoms with Crippen molar-refractivity contribution in [2.45, 2.75) is 26.7 Å². The number of rotatable bonds is 5. The number of carbonyl (C=O) groups is 3. The van der Waals surface area contributed by atoms with E-state index in [1.54, 1.807) is 0 Å². The molecule has 98 valence electrons. The van der Waals surface area contributed by atoms with Crippen molar-refractivity contribution >= 4 is 17.9 Å². The maximum absolute atomic E-state index is 10.4. The summed E-state index contributed by atoms with van der Waals surface area (Å²) < 4.78 is 8.60. The van der Waals surface area contributed by atoms with Gasteiger partial charge in [0, 0.05) is 26.5 Å². The molecule has 1 N–H and O–H groups in total. The van der Waals surface area contributed by atoms with Crippen LogP contribution in [0.25, 0.3) is 0 Å².